The van der Waals surface area contributed by atoms with Gasteiger partial charge >= 0.3 is 0 Å². The second kappa shape index (κ2) is 9.60. The molecule has 0 unspecified atom stereocenters. The number of nitrogens with zero attached hydrogens (tertiary/aromatic N) is 3. The minimum absolute atomic E-state index is 0.636. The van der Waals surface area contributed by atoms with Gasteiger partial charge in [0.05, 0.1) is 25.0 Å². The smallest absolute Gasteiger partial charge is 0.191 e. The zero-order valence-corrected chi connectivity index (χ0v) is 14.7. The van der Waals surface area contributed by atoms with Crippen LogP contribution in [-0.4, -0.2) is 36.4 Å². The van der Waals surface area contributed by atoms with Gasteiger partial charge in [0.25, 0.3) is 0 Å². The number of ether oxygens (including phenoxy) is 1. The first-order chi connectivity index (χ1) is 11.8. The lowest BCUT2D eigenvalue weighted by atomic mass is 10.2. The number of aliphatic imine (C=N–C) groups is 1. The van der Waals surface area contributed by atoms with Crippen LogP contribution in [0.2, 0.25) is 0 Å². The van der Waals surface area contributed by atoms with Gasteiger partial charge in [0, 0.05) is 19.8 Å². The van der Waals surface area contributed by atoms with Crippen LogP contribution in [0.3, 0.4) is 0 Å². The average Bonchev–Trinajstić information content (AvgIpc) is 3.10. The summed E-state index contributed by atoms with van der Waals surface area (Å²) in [5.41, 5.74) is 1.96. The number of rotatable bonds is 8. The zero-order chi connectivity index (χ0) is 17.2. The summed E-state index contributed by atoms with van der Waals surface area (Å²) < 4.78 is 7.03. The van der Waals surface area contributed by atoms with Gasteiger partial charge in [0.15, 0.2) is 5.96 Å². The van der Waals surface area contributed by atoms with Crippen LogP contribution in [0, 0.1) is 0 Å². The quantitative estimate of drug-likeness (QED) is 0.444. The van der Waals surface area contributed by atoms with Crippen LogP contribution in [0.15, 0.2) is 41.5 Å². The summed E-state index contributed by atoms with van der Waals surface area (Å²) in [7, 11) is 3.45. The van der Waals surface area contributed by atoms with E-state index in [1.165, 1.54) is 12.8 Å². The topological polar surface area (TPSA) is 63.5 Å². The molecule has 1 heterocycles. The monoisotopic (exact) mass is 329 g/mol. The molecule has 0 radical (unpaired) electrons. The molecular weight excluding hydrogens is 302 g/mol. The van der Waals surface area contributed by atoms with Crippen molar-refractivity contribution in [2.24, 2.45) is 4.99 Å². The minimum atomic E-state index is 0.636. The van der Waals surface area contributed by atoms with Crippen LogP contribution in [0.1, 0.15) is 31.9 Å². The molecule has 2 aromatic rings. The van der Waals surface area contributed by atoms with Gasteiger partial charge in [-0.05, 0) is 36.8 Å². The van der Waals surface area contributed by atoms with Crippen molar-refractivity contribution < 1.29 is 4.74 Å². The number of aromatic nitrogens is 2. The fourth-order valence-corrected chi connectivity index (χ4v) is 2.31. The normalized spacial score (nSPS) is 11.4. The first-order valence-electron chi connectivity index (χ1n) is 8.40. The predicted molar refractivity (Wildman–Crippen MR) is 97.8 cm³/mol. The zero-order valence-electron chi connectivity index (χ0n) is 14.7. The summed E-state index contributed by atoms with van der Waals surface area (Å²) >= 11 is 0. The van der Waals surface area contributed by atoms with Crippen molar-refractivity contribution in [3.63, 3.8) is 0 Å². The lowest BCUT2D eigenvalue weighted by Crippen LogP contribution is -2.37. The molecule has 2 rings (SSSR count). The highest BCUT2D eigenvalue weighted by Gasteiger charge is 2.03. The Kier molecular flexibility index (Phi) is 7.14. The molecule has 1 aromatic carbocycles. The Morgan fingerprint density at radius 2 is 1.96 bits per heavy atom. The third-order valence-electron chi connectivity index (χ3n) is 3.71. The van der Waals surface area contributed by atoms with Gasteiger partial charge in [0.1, 0.15) is 5.75 Å². The highest BCUT2D eigenvalue weighted by molar-refractivity contribution is 5.79. The van der Waals surface area contributed by atoms with E-state index in [2.05, 4.69) is 27.6 Å². The van der Waals surface area contributed by atoms with Crippen LogP contribution >= 0.6 is 0 Å². The van der Waals surface area contributed by atoms with Crippen molar-refractivity contribution in [1.29, 1.82) is 0 Å². The van der Waals surface area contributed by atoms with Crippen molar-refractivity contribution in [2.45, 2.75) is 32.7 Å². The van der Waals surface area contributed by atoms with Gasteiger partial charge in [-0.1, -0.05) is 19.8 Å². The Hall–Kier alpha value is -2.50. The standard InChI is InChI=1S/C18H27N5O/c1-4-5-6-12-20-18(19-2)21-14-15-11-13-23(22-15)16-7-9-17(24-3)10-8-16/h7-11,13H,4-6,12,14H2,1-3H3,(H2,19,20,21). The maximum absolute atomic E-state index is 5.18. The van der Waals surface area contributed by atoms with Crippen LogP contribution in [0.4, 0.5) is 0 Å². The van der Waals surface area contributed by atoms with Crippen molar-refractivity contribution in [3.05, 3.63) is 42.2 Å². The lowest BCUT2D eigenvalue weighted by molar-refractivity contribution is 0.414. The number of guanidine groups is 1. The van der Waals surface area contributed by atoms with Crippen molar-refractivity contribution in [1.82, 2.24) is 20.4 Å². The number of unbranched alkanes of at least 4 members (excludes halogenated alkanes) is 2. The van der Waals surface area contributed by atoms with Crippen molar-refractivity contribution >= 4 is 5.96 Å². The third-order valence-corrected chi connectivity index (χ3v) is 3.71. The van der Waals surface area contributed by atoms with Crippen LogP contribution < -0.4 is 15.4 Å². The van der Waals surface area contributed by atoms with Crippen LogP contribution in [-0.2, 0) is 6.54 Å². The van der Waals surface area contributed by atoms with E-state index in [1.54, 1.807) is 14.2 Å². The molecule has 130 valence electrons. The average molecular weight is 329 g/mol. The summed E-state index contributed by atoms with van der Waals surface area (Å²) in [5.74, 6) is 1.65. The van der Waals surface area contributed by atoms with Gasteiger partial charge in [-0.15, -0.1) is 0 Å². The highest BCUT2D eigenvalue weighted by atomic mass is 16.5. The first kappa shape index (κ1) is 17.8. The molecule has 0 bridgehead atoms. The van der Waals surface area contributed by atoms with Gasteiger partial charge < -0.3 is 15.4 Å². The molecule has 1 aromatic heterocycles. The molecule has 6 nitrogen and oxygen atoms in total. The van der Waals surface area contributed by atoms with E-state index >= 15 is 0 Å². The van der Waals surface area contributed by atoms with Gasteiger partial charge in [-0.2, -0.15) is 5.10 Å². The number of nitrogens with one attached hydrogen (secondary N) is 2. The van der Waals surface area contributed by atoms with E-state index in [1.807, 2.05) is 41.2 Å². The van der Waals surface area contributed by atoms with E-state index in [0.717, 1.165) is 36.1 Å². The number of benzene rings is 1. The maximum atomic E-state index is 5.18. The van der Waals surface area contributed by atoms with E-state index < -0.39 is 0 Å². The largest absolute Gasteiger partial charge is 0.497 e. The Morgan fingerprint density at radius 3 is 2.62 bits per heavy atom. The molecule has 0 aliphatic rings. The second-order valence-electron chi connectivity index (χ2n) is 5.51. The van der Waals surface area contributed by atoms with Crippen LogP contribution in [0.25, 0.3) is 5.69 Å². The van der Waals surface area contributed by atoms with E-state index in [4.69, 9.17) is 4.74 Å². The molecule has 0 aliphatic heterocycles. The molecule has 0 fully saturated rings. The number of hydrogen-bond acceptors (Lipinski definition) is 3. The van der Waals surface area contributed by atoms with Gasteiger partial charge in [0.2, 0.25) is 0 Å². The first-order valence-corrected chi connectivity index (χ1v) is 8.40. The van der Waals surface area contributed by atoms with Gasteiger partial charge in [-0.3, -0.25) is 4.99 Å². The SMILES string of the molecule is CCCCCNC(=NC)NCc1ccn(-c2ccc(OC)cc2)n1. The Morgan fingerprint density at radius 1 is 1.17 bits per heavy atom. The summed E-state index contributed by atoms with van der Waals surface area (Å²) in [6, 6.07) is 9.82. The molecule has 6 heteroatoms. The molecule has 0 spiro atoms. The van der Waals surface area contributed by atoms with E-state index in [9.17, 15) is 0 Å². The third kappa shape index (κ3) is 5.30. The predicted octanol–water partition coefficient (Wildman–Crippen LogP) is 2.74. The molecule has 2 N–H and O–H groups in total. The summed E-state index contributed by atoms with van der Waals surface area (Å²) in [5, 5.41) is 11.2. The number of hydrogen-bond donors (Lipinski definition) is 2. The maximum Gasteiger partial charge on any atom is 0.191 e. The molecular formula is C18H27N5O. The lowest BCUT2D eigenvalue weighted by Gasteiger charge is -2.10. The number of methoxy groups -OCH3 is 1. The molecule has 0 saturated carbocycles. The summed E-state index contributed by atoms with van der Waals surface area (Å²) in [4.78, 5) is 4.23. The van der Waals surface area contributed by atoms with Crippen molar-refractivity contribution in [2.75, 3.05) is 20.7 Å². The molecule has 0 atom stereocenters. The summed E-state index contributed by atoms with van der Waals surface area (Å²) in [6.45, 7) is 3.77. The molecule has 0 amide bonds. The Labute approximate surface area is 143 Å². The minimum Gasteiger partial charge on any atom is -0.497 e. The van der Waals surface area contributed by atoms with Crippen molar-refractivity contribution in [3.8, 4) is 11.4 Å². The van der Waals surface area contributed by atoms with E-state index in [-0.39, 0.29) is 0 Å². The summed E-state index contributed by atoms with van der Waals surface area (Å²) in [6.07, 6.45) is 5.56. The second-order valence-corrected chi connectivity index (χ2v) is 5.51. The Bertz CT molecular complexity index is 633. The van der Waals surface area contributed by atoms with Crippen LogP contribution in [0.5, 0.6) is 5.75 Å². The molecule has 24 heavy (non-hydrogen) atoms. The molecule has 0 saturated heterocycles. The van der Waals surface area contributed by atoms with E-state index in [0.29, 0.717) is 6.54 Å². The molecule has 0 aliphatic carbocycles. The highest BCUT2D eigenvalue weighted by Crippen LogP contribution is 2.14. The van der Waals surface area contributed by atoms with Gasteiger partial charge in [-0.25, -0.2) is 4.68 Å². The Balaban J connectivity index is 1.86. The fourth-order valence-electron chi connectivity index (χ4n) is 2.31. The fraction of sp³-hybridized carbons (Fsp3) is 0.444.